The second-order valence-electron chi connectivity index (χ2n) is 16.1. The van der Waals surface area contributed by atoms with E-state index in [0.29, 0.717) is 12.3 Å². The first kappa shape index (κ1) is 36.5. The van der Waals surface area contributed by atoms with Crippen LogP contribution in [0.1, 0.15) is 23.1 Å². The van der Waals surface area contributed by atoms with Crippen LogP contribution in [0.2, 0.25) is 0 Å². The van der Waals surface area contributed by atoms with Crippen LogP contribution in [-0.2, 0) is 0 Å². The Morgan fingerprint density at radius 1 is 0.413 bits per heavy atom. The SMILES string of the molecule is C1=C(c2ccccc2)N=C(c2ccc3ccccc3c2)N=C(c2cccc3oc4c(N(c5ccc(-c6ccccc6)cc5)c5ccc6ccccc6c5)c5ccccc5cc4c23)C1. The molecular weight excluding hydrogens is 767 g/mol. The first-order valence-corrected chi connectivity index (χ1v) is 21.4. The van der Waals surface area contributed by atoms with E-state index < -0.39 is 0 Å². The Labute approximate surface area is 365 Å². The van der Waals surface area contributed by atoms with E-state index >= 15 is 0 Å². The van der Waals surface area contributed by atoms with E-state index in [9.17, 15) is 0 Å². The van der Waals surface area contributed by atoms with Crippen LogP contribution >= 0.6 is 0 Å². The summed E-state index contributed by atoms with van der Waals surface area (Å²) in [5, 5.41) is 8.98. The van der Waals surface area contributed by atoms with Crippen LogP contribution in [0.15, 0.2) is 239 Å². The lowest BCUT2D eigenvalue weighted by Gasteiger charge is -2.27. The Bertz CT molecular complexity index is 3640. The smallest absolute Gasteiger partial charge is 0.160 e. The predicted octanol–water partition coefficient (Wildman–Crippen LogP) is 15.9. The number of anilines is 3. The largest absolute Gasteiger partial charge is 0.454 e. The average Bonchev–Trinajstić information content (AvgIpc) is 3.58. The minimum atomic E-state index is 0.591. The number of fused-ring (bicyclic) bond motifs is 6. The van der Waals surface area contributed by atoms with Gasteiger partial charge in [-0.05, 0) is 86.1 Å². The Balaban J connectivity index is 1.09. The van der Waals surface area contributed by atoms with Gasteiger partial charge in [-0.15, -0.1) is 0 Å². The van der Waals surface area contributed by atoms with Gasteiger partial charge in [-0.1, -0.05) is 182 Å². The van der Waals surface area contributed by atoms with Crippen LogP contribution in [0.5, 0.6) is 0 Å². The van der Waals surface area contributed by atoms with Crippen LogP contribution in [0.25, 0.3) is 71.1 Å². The first-order chi connectivity index (χ1) is 31.2. The van der Waals surface area contributed by atoms with Crippen molar-refractivity contribution in [2.45, 2.75) is 6.42 Å². The standard InChI is InChI=1S/C59H39N3O/c1-3-14-39(15-4-1)42-28-31-48(32-29-42)62(49-33-30-41-17-8-10-21-45(41)37-49)57-50-23-12-11-22-46(50)38-52-56-51(24-13-25-55(56)63-58(52)57)54-35-34-53(43-18-5-2-6-19-43)60-59(61-54)47-27-26-40-16-7-9-20-44(40)36-47/h1-34,36-38H,35H2. The lowest BCUT2D eigenvalue weighted by atomic mass is 9.96. The molecule has 2 heterocycles. The fraction of sp³-hybridized carbons (Fsp3) is 0.0169. The average molecular weight is 806 g/mol. The fourth-order valence-electron chi connectivity index (χ4n) is 9.19. The predicted molar refractivity (Wildman–Crippen MR) is 265 cm³/mol. The molecule has 0 atom stereocenters. The summed E-state index contributed by atoms with van der Waals surface area (Å²) in [4.78, 5) is 13.1. The molecule has 0 bridgehead atoms. The van der Waals surface area contributed by atoms with E-state index in [1.54, 1.807) is 0 Å². The van der Waals surface area contributed by atoms with E-state index in [2.05, 4.69) is 223 Å². The highest BCUT2D eigenvalue weighted by molar-refractivity contribution is 6.27. The Morgan fingerprint density at radius 3 is 1.78 bits per heavy atom. The third-order valence-electron chi connectivity index (χ3n) is 12.3. The molecule has 1 aliphatic heterocycles. The maximum absolute atomic E-state index is 7.17. The summed E-state index contributed by atoms with van der Waals surface area (Å²) in [6, 6.07) is 77.3. The second-order valence-corrected chi connectivity index (χ2v) is 16.1. The van der Waals surface area contributed by atoms with E-state index in [-0.39, 0.29) is 0 Å². The van der Waals surface area contributed by atoms with Crippen molar-refractivity contribution < 1.29 is 4.42 Å². The van der Waals surface area contributed by atoms with Gasteiger partial charge < -0.3 is 9.32 Å². The number of hydrogen-bond donors (Lipinski definition) is 0. The van der Waals surface area contributed by atoms with Gasteiger partial charge in [0.25, 0.3) is 0 Å². The summed E-state index contributed by atoms with van der Waals surface area (Å²) in [5.41, 5.74) is 11.9. The fourth-order valence-corrected chi connectivity index (χ4v) is 9.19. The Morgan fingerprint density at radius 2 is 1.02 bits per heavy atom. The van der Waals surface area contributed by atoms with Crippen molar-refractivity contribution >= 4 is 88.6 Å². The zero-order valence-corrected chi connectivity index (χ0v) is 34.3. The van der Waals surface area contributed by atoms with Gasteiger partial charge in [-0.25, -0.2) is 9.98 Å². The highest BCUT2D eigenvalue weighted by atomic mass is 16.3. The van der Waals surface area contributed by atoms with Crippen molar-refractivity contribution in [1.29, 1.82) is 0 Å². The third-order valence-corrected chi connectivity index (χ3v) is 12.3. The van der Waals surface area contributed by atoms with Crippen LogP contribution in [0, 0.1) is 0 Å². The van der Waals surface area contributed by atoms with Gasteiger partial charge in [0.1, 0.15) is 5.58 Å². The van der Waals surface area contributed by atoms with Crippen molar-refractivity contribution in [3.05, 3.63) is 241 Å². The lowest BCUT2D eigenvalue weighted by Crippen LogP contribution is -2.11. The van der Waals surface area contributed by atoms with Gasteiger partial charge in [0, 0.05) is 45.1 Å². The molecule has 11 aromatic rings. The molecule has 10 aromatic carbocycles. The molecule has 0 fully saturated rings. The van der Waals surface area contributed by atoms with Gasteiger partial charge in [0.15, 0.2) is 11.4 Å². The van der Waals surface area contributed by atoms with Crippen molar-refractivity contribution in [2.24, 2.45) is 9.98 Å². The maximum Gasteiger partial charge on any atom is 0.160 e. The normalized spacial score (nSPS) is 13.0. The number of nitrogens with zero attached hydrogens (tertiary/aromatic N) is 3. The number of aliphatic imine (C=N–C) groups is 2. The molecule has 1 aromatic heterocycles. The van der Waals surface area contributed by atoms with Gasteiger partial charge >= 0.3 is 0 Å². The number of furan rings is 1. The van der Waals surface area contributed by atoms with Gasteiger partial charge in [-0.2, -0.15) is 0 Å². The molecule has 12 rings (SSSR count). The summed E-state index contributed by atoms with van der Waals surface area (Å²) in [6.07, 6.45) is 2.80. The monoisotopic (exact) mass is 805 g/mol. The molecule has 0 radical (unpaired) electrons. The summed E-state index contributed by atoms with van der Waals surface area (Å²) in [5.74, 6) is 0.681. The molecule has 0 aliphatic carbocycles. The zero-order chi connectivity index (χ0) is 41.7. The number of benzene rings is 10. The first-order valence-electron chi connectivity index (χ1n) is 21.4. The number of hydrogen-bond acceptors (Lipinski definition) is 4. The minimum Gasteiger partial charge on any atom is -0.454 e. The molecule has 0 saturated carbocycles. The summed E-state index contributed by atoms with van der Waals surface area (Å²) in [6.45, 7) is 0. The summed E-state index contributed by atoms with van der Waals surface area (Å²) in [7, 11) is 0. The second kappa shape index (κ2) is 15.3. The molecule has 0 saturated heterocycles. The minimum absolute atomic E-state index is 0.591. The molecule has 0 spiro atoms. The number of rotatable bonds is 7. The maximum atomic E-state index is 7.17. The highest BCUT2D eigenvalue weighted by Gasteiger charge is 2.25. The van der Waals surface area contributed by atoms with E-state index in [1.165, 1.54) is 21.7 Å². The Kier molecular flexibility index (Phi) is 8.86. The summed E-state index contributed by atoms with van der Waals surface area (Å²) >= 11 is 0. The van der Waals surface area contributed by atoms with Gasteiger partial charge in [0.2, 0.25) is 0 Å². The lowest BCUT2D eigenvalue weighted by molar-refractivity contribution is 0.669. The van der Waals surface area contributed by atoms with Crippen LogP contribution in [0.3, 0.4) is 0 Å². The van der Waals surface area contributed by atoms with Crippen LogP contribution in [-0.4, -0.2) is 11.5 Å². The van der Waals surface area contributed by atoms with E-state index in [0.717, 1.165) is 88.8 Å². The van der Waals surface area contributed by atoms with E-state index in [4.69, 9.17) is 14.4 Å². The topological polar surface area (TPSA) is 41.1 Å². The zero-order valence-electron chi connectivity index (χ0n) is 34.3. The molecule has 0 unspecified atom stereocenters. The molecule has 296 valence electrons. The van der Waals surface area contributed by atoms with Crippen molar-refractivity contribution in [3.8, 4) is 11.1 Å². The van der Waals surface area contributed by atoms with Crippen LogP contribution in [0.4, 0.5) is 17.1 Å². The van der Waals surface area contributed by atoms with Gasteiger partial charge in [-0.3, -0.25) is 0 Å². The quantitative estimate of drug-likeness (QED) is 0.161. The molecule has 1 aliphatic rings. The highest BCUT2D eigenvalue weighted by Crippen LogP contribution is 2.48. The number of allylic oxidation sites excluding steroid dienone is 1. The number of amidine groups is 1. The van der Waals surface area contributed by atoms with Crippen molar-refractivity contribution in [2.75, 3.05) is 4.90 Å². The van der Waals surface area contributed by atoms with Crippen LogP contribution < -0.4 is 4.90 Å². The Hall–Kier alpha value is -8.34. The van der Waals surface area contributed by atoms with Crippen molar-refractivity contribution in [3.63, 3.8) is 0 Å². The van der Waals surface area contributed by atoms with Crippen molar-refractivity contribution in [1.82, 2.24) is 0 Å². The molecule has 63 heavy (non-hydrogen) atoms. The van der Waals surface area contributed by atoms with Gasteiger partial charge in [0.05, 0.1) is 17.1 Å². The molecular formula is C59H39N3O. The molecule has 4 heteroatoms. The molecule has 4 nitrogen and oxygen atoms in total. The molecule has 0 amide bonds. The molecule has 0 N–H and O–H groups in total. The third kappa shape index (κ3) is 6.57. The summed E-state index contributed by atoms with van der Waals surface area (Å²) < 4.78 is 7.17. The van der Waals surface area contributed by atoms with E-state index in [1.807, 2.05) is 6.07 Å².